The number of hydrogen-bond acceptors (Lipinski definition) is 5. The quantitative estimate of drug-likeness (QED) is 0.682. The molecule has 0 saturated heterocycles. The largest absolute Gasteiger partial charge is 0.516 e. The van der Waals surface area contributed by atoms with Gasteiger partial charge in [-0.2, -0.15) is 0 Å². The van der Waals surface area contributed by atoms with Crippen molar-refractivity contribution in [3.63, 3.8) is 0 Å². The first kappa shape index (κ1) is 17.1. The second kappa shape index (κ2) is 7.17. The van der Waals surface area contributed by atoms with E-state index in [4.69, 9.17) is 10.5 Å². The van der Waals surface area contributed by atoms with Crippen LogP contribution in [0.2, 0.25) is 0 Å². The Balaban J connectivity index is 2.43. The minimum atomic E-state index is -1.05. The topological polar surface area (TPSA) is 78.6 Å². The van der Waals surface area contributed by atoms with Crippen LogP contribution in [-0.2, 0) is 14.3 Å². The van der Waals surface area contributed by atoms with Gasteiger partial charge in [-0.1, -0.05) is 18.2 Å². The second-order valence-corrected chi connectivity index (χ2v) is 5.61. The van der Waals surface area contributed by atoms with Crippen molar-refractivity contribution < 1.29 is 23.5 Å². The fourth-order valence-corrected chi connectivity index (χ4v) is 1.62. The molecule has 0 fully saturated rings. The van der Waals surface area contributed by atoms with Crippen LogP contribution in [0.15, 0.2) is 24.3 Å². The third-order valence-electron chi connectivity index (χ3n) is 2.55. The van der Waals surface area contributed by atoms with Crippen molar-refractivity contribution >= 4 is 12.1 Å². The van der Waals surface area contributed by atoms with Gasteiger partial charge in [0.1, 0.15) is 11.4 Å². The minimum Gasteiger partial charge on any atom is -0.428 e. The van der Waals surface area contributed by atoms with Crippen LogP contribution in [0.1, 0.15) is 45.2 Å². The van der Waals surface area contributed by atoms with E-state index in [1.807, 2.05) is 0 Å². The predicted octanol–water partition coefficient (Wildman–Crippen LogP) is 3.08. The van der Waals surface area contributed by atoms with Crippen LogP contribution < -0.4 is 5.73 Å². The van der Waals surface area contributed by atoms with E-state index < -0.39 is 29.6 Å². The Hall–Kier alpha value is -1.95. The number of ether oxygens (including phenoxy) is 2. The molecule has 5 nitrogen and oxygen atoms in total. The number of carbonyl (C=O) groups is 2. The van der Waals surface area contributed by atoms with E-state index in [0.717, 1.165) is 0 Å². The van der Waals surface area contributed by atoms with Gasteiger partial charge in [0.15, 0.2) is 0 Å². The van der Waals surface area contributed by atoms with Crippen molar-refractivity contribution in [2.45, 2.75) is 45.3 Å². The van der Waals surface area contributed by atoms with Crippen LogP contribution in [-0.4, -0.2) is 17.7 Å². The molecule has 0 bridgehead atoms. The zero-order valence-corrected chi connectivity index (χ0v) is 12.4. The van der Waals surface area contributed by atoms with Crippen molar-refractivity contribution in [1.29, 1.82) is 0 Å². The summed E-state index contributed by atoms with van der Waals surface area (Å²) in [5.41, 5.74) is 5.40. The molecule has 1 aromatic rings. The van der Waals surface area contributed by atoms with Gasteiger partial charge in [-0.3, -0.25) is 4.79 Å². The number of hydrogen-bond donors (Lipinski definition) is 1. The molecule has 0 radical (unpaired) electrons. The van der Waals surface area contributed by atoms with Gasteiger partial charge in [0.25, 0.3) is 0 Å². The van der Waals surface area contributed by atoms with Crippen molar-refractivity contribution in [2.24, 2.45) is 5.73 Å². The van der Waals surface area contributed by atoms with Crippen LogP contribution in [0, 0.1) is 5.82 Å². The number of rotatable bonds is 4. The molecule has 1 aromatic carbocycles. The molecule has 1 atom stereocenters. The summed E-state index contributed by atoms with van der Waals surface area (Å²) in [6.45, 7) is 4.98. The highest BCUT2D eigenvalue weighted by Crippen LogP contribution is 2.19. The summed E-state index contributed by atoms with van der Waals surface area (Å²) in [7, 11) is 0. The Morgan fingerprint density at radius 1 is 1.29 bits per heavy atom. The zero-order chi connectivity index (χ0) is 16.0. The smallest absolute Gasteiger partial charge is 0.428 e. The molecule has 0 aliphatic carbocycles. The molecule has 0 heterocycles. The van der Waals surface area contributed by atoms with Crippen LogP contribution in [0.5, 0.6) is 0 Å². The van der Waals surface area contributed by atoms with E-state index in [-0.39, 0.29) is 12.8 Å². The van der Waals surface area contributed by atoms with Crippen LogP contribution in [0.4, 0.5) is 9.18 Å². The Labute approximate surface area is 123 Å². The van der Waals surface area contributed by atoms with Crippen LogP contribution >= 0.6 is 0 Å². The number of nitrogens with two attached hydrogens (primary N) is 1. The average Bonchev–Trinajstić information content (AvgIpc) is 2.34. The van der Waals surface area contributed by atoms with E-state index in [1.54, 1.807) is 39.0 Å². The molecule has 0 amide bonds. The van der Waals surface area contributed by atoms with Crippen molar-refractivity contribution in [2.75, 3.05) is 0 Å². The number of esters is 1. The summed E-state index contributed by atoms with van der Waals surface area (Å²) in [5, 5.41) is 0. The highest BCUT2D eigenvalue weighted by molar-refractivity contribution is 5.81. The molecule has 21 heavy (non-hydrogen) atoms. The molecule has 0 spiro atoms. The molecule has 0 aliphatic heterocycles. The normalized spacial score (nSPS) is 12.6. The first-order chi connectivity index (χ1) is 9.69. The van der Waals surface area contributed by atoms with Gasteiger partial charge in [0.05, 0.1) is 0 Å². The van der Waals surface area contributed by atoms with E-state index >= 15 is 0 Å². The average molecular weight is 297 g/mol. The lowest BCUT2D eigenvalue weighted by molar-refractivity contribution is -0.141. The van der Waals surface area contributed by atoms with Gasteiger partial charge in [-0.25, -0.2) is 9.18 Å². The van der Waals surface area contributed by atoms with E-state index in [1.165, 1.54) is 6.07 Å². The number of benzene rings is 1. The van der Waals surface area contributed by atoms with Crippen molar-refractivity contribution in [3.05, 3.63) is 35.6 Å². The number of halogens is 1. The van der Waals surface area contributed by atoms with Gasteiger partial charge in [0.2, 0.25) is 0 Å². The van der Waals surface area contributed by atoms with Crippen molar-refractivity contribution in [3.8, 4) is 0 Å². The Bertz CT molecular complexity index is 511. The first-order valence-corrected chi connectivity index (χ1v) is 6.62. The monoisotopic (exact) mass is 297 g/mol. The maximum Gasteiger partial charge on any atom is 0.516 e. The Morgan fingerprint density at radius 3 is 2.48 bits per heavy atom. The second-order valence-electron chi connectivity index (χ2n) is 5.61. The molecule has 116 valence electrons. The highest BCUT2D eigenvalue weighted by atomic mass is 19.1. The van der Waals surface area contributed by atoms with E-state index in [0.29, 0.717) is 5.56 Å². The van der Waals surface area contributed by atoms with Gasteiger partial charge in [0, 0.05) is 18.0 Å². The fraction of sp³-hybridized carbons (Fsp3) is 0.467. The summed E-state index contributed by atoms with van der Waals surface area (Å²) in [6, 6.07) is 5.44. The van der Waals surface area contributed by atoms with Crippen LogP contribution in [0.3, 0.4) is 0 Å². The summed E-state index contributed by atoms with van der Waals surface area (Å²) >= 11 is 0. The summed E-state index contributed by atoms with van der Waals surface area (Å²) < 4.78 is 22.8. The Morgan fingerprint density at radius 2 is 1.90 bits per heavy atom. The maximum atomic E-state index is 13.5. The highest BCUT2D eigenvalue weighted by Gasteiger charge is 2.21. The maximum absolute atomic E-state index is 13.5. The number of carbonyl (C=O) groups excluding carboxylic acids is 2. The van der Waals surface area contributed by atoms with Gasteiger partial charge < -0.3 is 15.2 Å². The molecule has 1 unspecified atom stereocenters. The molecule has 0 saturated carbocycles. The summed E-state index contributed by atoms with van der Waals surface area (Å²) in [5.74, 6) is -1.18. The predicted molar refractivity (Wildman–Crippen MR) is 74.9 cm³/mol. The molecule has 2 N–H and O–H groups in total. The summed E-state index contributed by atoms with van der Waals surface area (Å²) in [6.07, 6.45) is -0.982. The van der Waals surface area contributed by atoms with Gasteiger partial charge in [-0.05, 0) is 33.3 Å². The first-order valence-electron chi connectivity index (χ1n) is 6.62. The lowest BCUT2D eigenvalue weighted by Gasteiger charge is -2.18. The molecule has 0 aliphatic rings. The summed E-state index contributed by atoms with van der Waals surface area (Å²) in [4.78, 5) is 22.8. The van der Waals surface area contributed by atoms with Gasteiger partial charge in [-0.15, -0.1) is 0 Å². The fourth-order valence-electron chi connectivity index (χ4n) is 1.62. The molecular weight excluding hydrogens is 277 g/mol. The van der Waals surface area contributed by atoms with E-state index in [2.05, 4.69) is 4.74 Å². The van der Waals surface area contributed by atoms with Crippen molar-refractivity contribution in [1.82, 2.24) is 0 Å². The molecular formula is C15H20FNO4. The lowest BCUT2D eigenvalue weighted by Crippen LogP contribution is -2.26. The Kier molecular flexibility index (Phi) is 5.84. The third kappa shape index (κ3) is 6.35. The standard InChI is InChI=1S/C15H20FNO4/c1-15(2,3)21-14(19)20-13(18)9-8-12(17)10-6-4-5-7-11(10)16/h4-7,12H,8-9,17H2,1-3H3. The van der Waals surface area contributed by atoms with E-state index in [9.17, 15) is 14.0 Å². The SMILES string of the molecule is CC(C)(C)OC(=O)OC(=O)CCC(N)c1ccccc1F. The van der Waals surface area contributed by atoms with Gasteiger partial charge >= 0.3 is 12.1 Å². The third-order valence-corrected chi connectivity index (χ3v) is 2.55. The lowest BCUT2D eigenvalue weighted by atomic mass is 10.0. The molecule has 1 rings (SSSR count). The molecule has 6 heteroatoms. The minimum absolute atomic E-state index is 0.102. The van der Waals surface area contributed by atoms with Crippen LogP contribution in [0.25, 0.3) is 0 Å². The molecule has 0 aromatic heterocycles. The zero-order valence-electron chi connectivity index (χ0n) is 12.4.